The molecule has 0 unspecified atom stereocenters. The third-order valence-electron chi connectivity index (χ3n) is 2.50. The van der Waals surface area contributed by atoms with Gasteiger partial charge in [-0.3, -0.25) is 9.20 Å². The third kappa shape index (κ3) is 2.40. The van der Waals surface area contributed by atoms with Gasteiger partial charge < -0.3 is 10.4 Å². The molecule has 0 fully saturated rings. The van der Waals surface area contributed by atoms with Crippen LogP contribution in [0.4, 0.5) is 5.82 Å². The number of hydrogen-bond acceptors (Lipinski definition) is 4. The number of nitrogens with one attached hydrogen (secondary N) is 1. The fourth-order valence-electron chi connectivity index (χ4n) is 1.67. The van der Waals surface area contributed by atoms with Crippen molar-refractivity contribution in [1.29, 1.82) is 5.26 Å². The van der Waals surface area contributed by atoms with Crippen molar-refractivity contribution < 1.29 is 9.90 Å². The minimum absolute atomic E-state index is 0.0995. The summed E-state index contributed by atoms with van der Waals surface area (Å²) in [6, 6.07) is 7.57. The van der Waals surface area contributed by atoms with Crippen LogP contribution >= 0.6 is 0 Å². The molecule has 0 aliphatic carbocycles. The van der Waals surface area contributed by atoms with E-state index in [1.54, 1.807) is 10.6 Å². The number of fused-ring (bicyclic) bond motifs is 1. The average molecular weight is 244 g/mol. The first-order valence-corrected chi connectivity index (χ1v) is 5.55. The summed E-state index contributed by atoms with van der Waals surface area (Å²) in [5.41, 5.74) is 1.12. The van der Waals surface area contributed by atoms with Crippen LogP contribution in [0.25, 0.3) is 5.65 Å². The van der Waals surface area contributed by atoms with Gasteiger partial charge in [0.1, 0.15) is 11.7 Å². The highest BCUT2D eigenvalue weighted by atomic mass is 16.4. The summed E-state index contributed by atoms with van der Waals surface area (Å²) in [5.74, 6) is -0.332. The van der Waals surface area contributed by atoms with Gasteiger partial charge in [0.15, 0.2) is 11.5 Å². The number of carboxylic acids is 1. The molecule has 0 spiro atoms. The molecular formula is C12H12N4O2. The number of nitriles is 1. The number of imidazole rings is 1. The van der Waals surface area contributed by atoms with Gasteiger partial charge in [-0.15, -0.1) is 0 Å². The van der Waals surface area contributed by atoms with Crippen LogP contribution < -0.4 is 5.32 Å². The minimum Gasteiger partial charge on any atom is -0.481 e. The third-order valence-corrected chi connectivity index (χ3v) is 2.50. The number of anilines is 1. The number of carboxylic acid groups (broad SMARTS) is 1. The highest BCUT2D eigenvalue weighted by Gasteiger charge is 2.10. The summed E-state index contributed by atoms with van der Waals surface area (Å²) in [6.45, 7) is 0.477. The predicted molar refractivity (Wildman–Crippen MR) is 65.3 cm³/mol. The highest BCUT2D eigenvalue weighted by Crippen LogP contribution is 2.16. The van der Waals surface area contributed by atoms with Crippen molar-refractivity contribution in [1.82, 2.24) is 9.38 Å². The fraction of sp³-hybridized carbons (Fsp3) is 0.250. The molecule has 2 heterocycles. The maximum absolute atomic E-state index is 10.4. The molecule has 0 aliphatic rings. The van der Waals surface area contributed by atoms with Crippen LogP contribution in [0, 0.1) is 11.3 Å². The minimum atomic E-state index is -0.827. The van der Waals surface area contributed by atoms with Crippen LogP contribution in [-0.2, 0) is 4.79 Å². The van der Waals surface area contributed by atoms with Crippen LogP contribution in [0.1, 0.15) is 18.5 Å². The molecule has 6 nitrogen and oxygen atoms in total. The van der Waals surface area contributed by atoms with Gasteiger partial charge >= 0.3 is 5.97 Å². The van der Waals surface area contributed by atoms with Crippen molar-refractivity contribution in [3.63, 3.8) is 0 Å². The predicted octanol–water partition coefficient (Wildman–Crippen LogP) is 1.48. The Hall–Kier alpha value is -2.55. The fourth-order valence-corrected chi connectivity index (χ4v) is 1.67. The zero-order valence-corrected chi connectivity index (χ0v) is 9.63. The molecule has 18 heavy (non-hydrogen) atoms. The Labute approximate surface area is 103 Å². The second-order valence-electron chi connectivity index (χ2n) is 3.77. The zero-order chi connectivity index (χ0) is 13.0. The van der Waals surface area contributed by atoms with Crippen LogP contribution in [0.3, 0.4) is 0 Å². The first-order valence-electron chi connectivity index (χ1n) is 5.55. The van der Waals surface area contributed by atoms with E-state index in [0.717, 1.165) is 0 Å². The average Bonchev–Trinajstić information content (AvgIpc) is 2.71. The van der Waals surface area contributed by atoms with E-state index in [1.807, 2.05) is 18.2 Å². The molecule has 2 N–H and O–H groups in total. The van der Waals surface area contributed by atoms with Gasteiger partial charge in [-0.1, -0.05) is 6.07 Å². The van der Waals surface area contributed by atoms with Crippen molar-refractivity contribution in [3.05, 3.63) is 30.1 Å². The maximum Gasteiger partial charge on any atom is 0.303 e. The molecule has 0 aliphatic heterocycles. The lowest BCUT2D eigenvalue weighted by Crippen LogP contribution is -2.06. The Morgan fingerprint density at radius 2 is 2.39 bits per heavy atom. The lowest BCUT2D eigenvalue weighted by Gasteiger charge is -2.01. The lowest BCUT2D eigenvalue weighted by atomic mass is 10.3. The Morgan fingerprint density at radius 1 is 1.56 bits per heavy atom. The monoisotopic (exact) mass is 244 g/mol. The van der Waals surface area contributed by atoms with E-state index in [2.05, 4.69) is 16.4 Å². The molecule has 2 aromatic heterocycles. The van der Waals surface area contributed by atoms with Gasteiger partial charge in [0, 0.05) is 19.2 Å². The van der Waals surface area contributed by atoms with E-state index >= 15 is 0 Å². The Bertz CT molecular complexity index is 612. The molecule has 0 amide bonds. The Morgan fingerprint density at radius 3 is 3.11 bits per heavy atom. The quantitative estimate of drug-likeness (QED) is 0.777. The van der Waals surface area contributed by atoms with Gasteiger partial charge in [0.25, 0.3) is 0 Å². The summed E-state index contributed by atoms with van der Waals surface area (Å²) in [7, 11) is 0. The maximum atomic E-state index is 10.4. The SMILES string of the molecule is N#Cc1c(NCCCC(=O)O)nc2ccccn12. The molecule has 0 radical (unpaired) electrons. The van der Waals surface area contributed by atoms with E-state index in [1.165, 1.54) is 0 Å². The molecule has 0 bridgehead atoms. The molecule has 2 aromatic rings. The number of carbonyl (C=O) groups is 1. The van der Waals surface area contributed by atoms with Gasteiger partial charge in [-0.25, -0.2) is 4.98 Å². The molecule has 6 heteroatoms. The van der Waals surface area contributed by atoms with Gasteiger partial charge in [0.2, 0.25) is 0 Å². The number of hydrogen-bond donors (Lipinski definition) is 2. The molecule has 0 atom stereocenters. The number of rotatable bonds is 5. The van der Waals surface area contributed by atoms with Gasteiger partial charge in [-0.05, 0) is 18.6 Å². The summed E-state index contributed by atoms with van der Waals surface area (Å²) >= 11 is 0. The highest BCUT2D eigenvalue weighted by molar-refractivity contribution is 5.66. The summed E-state index contributed by atoms with van der Waals surface area (Å²) in [5, 5.41) is 20.6. The van der Waals surface area contributed by atoms with Crippen molar-refractivity contribution >= 4 is 17.4 Å². The second-order valence-corrected chi connectivity index (χ2v) is 3.77. The number of aliphatic carboxylic acids is 1. The van der Waals surface area contributed by atoms with E-state index in [9.17, 15) is 4.79 Å². The molecular weight excluding hydrogens is 232 g/mol. The van der Waals surface area contributed by atoms with E-state index in [0.29, 0.717) is 30.1 Å². The Balaban J connectivity index is 2.13. The van der Waals surface area contributed by atoms with Crippen LogP contribution in [0.2, 0.25) is 0 Å². The van der Waals surface area contributed by atoms with Crippen LogP contribution in [0.15, 0.2) is 24.4 Å². The van der Waals surface area contributed by atoms with Crippen molar-refractivity contribution in [3.8, 4) is 6.07 Å². The van der Waals surface area contributed by atoms with Crippen molar-refractivity contribution in [2.45, 2.75) is 12.8 Å². The Kier molecular flexibility index (Phi) is 3.44. The van der Waals surface area contributed by atoms with Gasteiger partial charge in [0.05, 0.1) is 0 Å². The molecule has 2 rings (SSSR count). The smallest absolute Gasteiger partial charge is 0.303 e. The topological polar surface area (TPSA) is 90.4 Å². The van der Waals surface area contributed by atoms with Crippen LogP contribution in [-0.4, -0.2) is 27.0 Å². The van der Waals surface area contributed by atoms with Gasteiger partial charge in [-0.2, -0.15) is 5.26 Å². The van der Waals surface area contributed by atoms with E-state index in [-0.39, 0.29) is 6.42 Å². The van der Waals surface area contributed by atoms with Crippen molar-refractivity contribution in [2.75, 3.05) is 11.9 Å². The molecule has 0 aromatic carbocycles. The zero-order valence-electron chi connectivity index (χ0n) is 9.63. The summed E-state index contributed by atoms with van der Waals surface area (Å²) in [4.78, 5) is 14.7. The largest absolute Gasteiger partial charge is 0.481 e. The summed E-state index contributed by atoms with van der Waals surface area (Å²) in [6.07, 6.45) is 2.36. The first-order chi connectivity index (χ1) is 8.72. The van der Waals surface area contributed by atoms with E-state index in [4.69, 9.17) is 10.4 Å². The van der Waals surface area contributed by atoms with Crippen LogP contribution in [0.5, 0.6) is 0 Å². The molecule has 0 saturated heterocycles. The molecule has 92 valence electrons. The van der Waals surface area contributed by atoms with Crippen molar-refractivity contribution in [2.24, 2.45) is 0 Å². The number of pyridine rings is 1. The molecule has 0 saturated carbocycles. The number of nitrogens with zero attached hydrogens (tertiary/aromatic N) is 3. The first kappa shape index (κ1) is 11.9. The standard InChI is InChI=1S/C12H12N4O2/c13-8-9-12(14-6-3-5-11(17)18)15-10-4-1-2-7-16(9)10/h1-2,4,7,14H,3,5-6H2,(H,17,18). The lowest BCUT2D eigenvalue weighted by molar-refractivity contribution is -0.137. The second kappa shape index (κ2) is 5.19. The summed E-state index contributed by atoms with van der Waals surface area (Å²) < 4.78 is 1.69. The number of aromatic nitrogens is 2. The van der Waals surface area contributed by atoms with E-state index < -0.39 is 5.97 Å². The normalized spacial score (nSPS) is 10.2.